The van der Waals surface area contributed by atoms with Crippen molar-refractivity contribution in [2.75, 3.05) is 6.54 Å². The molecule has 0 unspecified atom stereocenters. The van der Waals surface area contributed by atoms with Crippen molar-refractivity contribution < 1.29 is 9.18 Å². The smallest absolute Gasteiger partial charge is 0.270 e. The Kier molecular flexibility index (Phi) is 5.02. The third kappa shape index (κ3) is 4.41. The molecule has 0 saturated carbocycles. The number of hydrogen-bond donors (Lipinski definition) is 2. The number of carbonyl (C=O) groups excluding carboxylic acids is 1. The first kappa shape index (κ1) is 14.7. The third-order valence-corrected chi connectivity index (χ3v) is 2.70. The standard InChI is InChI=1S/C16H14FN3O/c17-14-7-8-15(19-11-14)16(21)20-10-13-5-3-12(4-6-13)2-1-9-18/h3-8,11H,9-10,18H2,(H,20,21). The summed E-state index contributed by atoms with van der Waals surface area (Å²) in [5.41, 5.74) is 7.29. The summed E-state index contributed by atoms with van der Waals surface area (Å²) in [4.78, 5) is 15.5. The lowest BCUT2D eigenvalue weighted by Crippen LogP contribution is -2.23. The van der Waals surface area contributed by atoms with E-state index < -0.39 is 5.82 Å². The van der Waals surface area contributed by atoms with Crippen LogP contribution in [-0.4, -0.2) is 17.4 Å². The van der Waals surface area contributed by atoms with Crippen LogP contribution in [-0.2, 0) is 6.54 Å². The predicted octanol–water partition coefficient (Wildman–Crippen LogP) is 1.46. The maximum atomic E-state index is 12.7. The van der Waals surface area contributed by atoms with Gasteiger partial charge in [0.15, 0.2) is 0 Å². The normalized spacial score (nSPS) is 9.62. The van der Waals surface area contributed by atoms with E-state index in [2.05, 4.69) is 22.1 Å². The number of aromatic nitrogens is 1. The average molecular weight is 283 g/mol. The van der Waals surface area contributed by atoms with E-state index in [0.29, 0.717) is 13.1 Å². The van der Waals surface area contributed by atoms with Gasteiger partial charge in [0, 0.05) is 12.1 Å². The van der Waals surface area contributed by atoms with Gasteiger partial charge in [0.25, 0.3) is 5.91 Å². The summed E-state index contributed by atoms with van der Waals surface area (Å²) in [7, 11) is 0. The van der Waals surface area contributed by atoms with E-state index in [-0.39, 0.29) is 11.6 Å². The maximum absolute atomic E-state index is 12.7. The summed E-state index contributed by atoms with van der Waals surface area (Å²) < 4.78 is 12.7. The molecule has 106 valence electrons. The van der Waals surface area contributed by atoms with Crippen LogP contribution in [0.5, 0.6) is 0 Å². The van der Waals surface area contributed by atoms with Crippen molar-refractivity contribution in [1.29, 1.82) is 0 Å². The molecule has 1 aromatic carbocycles. The van der Waals surface area contributed by atoms with Gasteiger partial charge in [0.1, 0.15) is 11.5 Å². The van der Waals surface area contributed by atoms with Crippen molar-refractivity contribution >= 4 is 5.91 Å². The Labute approximate surface area is 122 Å². The molecular formula is C16H14FN3O. The van der Waals surface area contributed by atoms with Gasteiger partial charge >= 0.3 is 0 Å². The molecule has 1 amide bonds. The highest BCUT2D eigenvalue weighted by molar-refractivity contribution is 5.92. The van der Waals surface area contributed by atoms with E-state index in [1.54, 1.807) is 0 Å². The molecule has 0 radical (unpaired) electrons. The molecule has 5 heteroatoms. The predicted molar refractivity (Wildman–Crippen MR) is 77.7 cm³/mol. The number of benzene rings is 1. The quantitative estimate of drug-likeness (QED) is 0.838. The van der Waals surface area contributed by atoms with Crippen molar-refractivity contribution in [3.05, 3.63) is 65.2 Å². The molecule has 21 heavy (non-hydrogen) atoms. The first-order chi connectivity index (χ1) is 10.2. The summed E-state index contributed by atoms with van der Waals surface area (Å²) in [6, 6.07) is 10.0. The largest absolute Gasteiger partial charge is 0.347 e. The number of nitrogens with two attached hydrogens (primary N) is 1. The number of halogens is 1. The van der Waals surface area contributed by atoms with Crippen LogP contribution in [0.2, 0.25) is 0 Å². The van der Waals surface area contributed by atoms with Gasteiger partial charge in [-0.15, -0.1) is 0 Å². The summed E-state index contributed by atoms with van der Waals surface area (Å²) >= 11 is 0. The van der Waals surface area contributed by atoms with Gasteiger partial charge in [-0.25, -0.2) is 9.37 Å². The zero-order valence-corrected chi connectivity index (χ0v) is 11.3. The lowest BCUT2D eigenvalue weighted by molar-refractivity contribution is 0.0946. The minimum atomic E-state index is -0.472. The van der Waals surface area contributed by atoms with E-state index in [1.165, 1.54) is 12.1 Å². The Morgan fingerprint density at radius 1 is 1.24 bits per heavy atom. The minimum absolute atomic E-state index is 0.182. The average Bonchev–Trinajstić information content (AvgIpc) is 2.52. The summed E-state index contributed by atoms with van der Waals surface area (Å²) in [6.45, 7) is 0.685. The highest BCUT2D eigenvalue weighted by Crippen LogP contribution is 2.04. The number of carbonyl (C=O) groups is 1. The Balaban J connectivity index is 1.93. The molecule has 4 nitrogen and oxygen atoms in total. The lowest BCUT2D eigenvalue weighted by Gasteiger charge is -2.05. The van der Waals surface area contributed by atoms with E-state index in [4.69, 9.17) is 5.73 Å². The fraction of sp³-hybridized carbons (Fsp3) is 0.125. The molecule has 2 aromatic rings. The van der Waals surface area contributed by atoms with Crippen LogP contribution < -0.4 is 11.1 Å². The molecule has 0 aliphatic rings. The van der Waals surface area contributed by atoms with E-state index in [1.807, 2.05) is 24.3 Å². The summed E-state index contributed by atoms with van der Waals surface area (Å²) in [5.74, 6) is 4.87. The molecule has 0 aliphatic carbocycles. The molecule has 2 rings (SSSR count). The molecule has 0 atom stereocenters. The second-order valence-electron chi connectivity index (χ2n) is 4.25. The number of amides is 1. The number of nitrogens with zero attached hydrogens (tertiary/aromatic N) is 1. The molecule has 1 heterocycles. The van der Waals surface area contributed by atoms with Gasteiger partial charge in [-0.2, -0.15) is 0 Å². The van der Waals surface area contributed by atoms with Crippen molar-refractivity contribution in [3.8, 4) is 11.8 Å². The highest BCUT2D eigenvalue weighted by atomic mass is 19.1. The van der Waals surface area contributed by atoms with Gasteiger partial charge in [-0.05, 0) is 29.8 Å². The van der Waals surface area contributed by atoms with Crippen LogP contribution in [0.4, 0.5) is 4.39 Å². The third-order valence-electron chi connectivity index (χ3n) is 2.70. The van der Waals surface area contributed by atoms with E-state index in [9.17, 15) is 9.18 Å². The monoisotopic (exact) mass is 283 g/mol. The Morgan fingerprint density at radius 2 is 2.00 bits per heavy atom. The van der Waals surface area contributed by atoms with E-state index in [0.717, 1.165) is 17.3 Å². The van der Waals surface area contributed by atoms with Gasteiger partial charge in [0.2, 0.25) is 0 Å². The van der Waals surface area contributed by atoms with Gasteiger partial charge in [0.05, 0.1) is 12.7 Å². The summed E-state index contributed by atoms with van der Waals surface area (Å²) in [5, 5.41) is 2.72. The molecule has 0 aliphatic heterocycles. The topological polar surface area (TPSA) is 68.0 Å². The van der Waals surface area contributed by atoms with Gasteiger partial charge in [-0.1, -0.05) is 24.0 Å². The number of pyridine rings is 1. The number of nitrogens with one attached hydrogen (secondary N) is 1. The molecule has 3 N–H and O–H groups in total. The Bertz CT molecular complexity index is 669. The second kappa shape index (κ2) is 7.17. The molecule has 0 spiro atoms. The Morgan fingerprint density at radius 3 is 2.62 bits per heavy atom. The SMILES string of the molecule is NCC#Cc1ccc(CNC(=O)c2ccc(F)cn2)cc1. The molecule has 0 bridgehead atoms. The van der Waals surface area contributed by atoms with Crippen LogP contribution in [0, 0.1) is 17.7 Å². The van der Waals surface area contributed by atoms with Crippen molar-refractivity contribution in [2.24, 2.45) is 5.73 Å². The van der Waals surface area contributed by atoms with E-state index >= 15 is 0 Å². The maximum Gasteiger partial charge on any atom is 0.270 e. The zero-order chi connectivity index (χ0) is 15.1. The van der Waals surface area contributed by atoms with Crippen molar-refractivity contribution in [3.63, 3.8) is 0 Å². The van der Waals surface area contributed by atoms with Crippen molar-refractivity contribution in [1.82, 2.24) is 10.3 Å². The number of hydrogen-bond acceptors (Lipinski definition) is 3. The first-order valence-corrected chi connectivity index (χ1v) is 6.36. The molecular weight excluding hydrogens is 269 g/mol. The number of rotatable bonds is 3. The lowest BCUT2D eigenvalue weighted by atomic mass is 10.1. The second-order valence-corrected chi connectivity index (χ2v) is 4.25. The molecule has 0 fully saturated rings. The molecule has 0 saturated heterocycles. The van der Waals surface area contributed by atoms with Crippen LogP contribution >= 0.6 is 0 Å². The highest BCUT2D eigenvalue weighted by Gasteiger charge is 2.06. The molecule has 1 aromatic heterocycles. The zero-order valence-electron chi connectivity index (χ0n) is 11.3. The first-order valence-electron chi connectivity index (χ1n) is 6.36. The van der Waals surface area contributed by atoms with Crippen LogP contribution in [0.1, 0.15) is 21.6 Å². The summed E-state index contributed by atoms with van der Waals surface area (Å²) in [6.07, 6.45) is 1.01. The van der Waals surface area contributed by atoms with Gasteiger partial charge < -0.3 is 11.1 Å². The minimum Gasteiger partial charge on any atom is -0.347 e. The van der Waals surface area contributed by atoms with Crippen LogP contribution in [0.25, 0.3) is 0 Å². The van der Waals surface area contributed by atoms with Gasteiger partial charge in [-0.3, -0.25) is 4.79 Å². The van der Waals surface area contributed by atoms with Crippen molar-refractivity contribution in [2.45, 2.75) is 6.54 Å². The Hall–Kier alpha value is -2.71. The van der Waals surface area contributed by atoms with Crippen LogP contribution in [0.15, 0.2) is 42.6 Å². The fourth-order valence-corrected chi connectivity index (χ4v) is 1.64. The fourth-order valence-electron chi connectivity index (χ4n) is 1.64. The van der Waals surface area contributed by atoms with Crippen LogP contribution in [0.3, 0.4) is 0 Å².